The Morgan fingerprint density at radius 3 is 2.92 bits per heavy atom. The van der Waals surface area contributed by atoms with Crippen LogP contribution in [0.5, 0.6) is 0 Å². The van der Waals surface area contributed by atoms with Crippen LogP contribution in [0.4, 0.5) is 0 Å². The van der Waals surface area contributed by atoms with Crippen LogP contribution in [0.15, 0.2) is 24.3 Å². The fourth-order valence-corrected chi connectivity index (χ4v) is 2.04. The zero-order chi connectivity index (χ0) is 9.10. The van der Waals surface area contributed by atoms with Crippen LogP contribution in [0.25, 0.3) is 0 Å². The van der Waals surface area contributed by atoms with Crippen molar-refractivity contribution < 1.29 is 0 Å². The molecule has 70 valence electrons. The second-order valence-electron chi connectivity index (χ2n) is 3.99. The van der Waals surface area contributed by atoms with Crippen molar-refractivity contribution >= 4 is 0 Å². The van der Waals surface area contributed by atoms with E-state index in [9.17, 15) is 0 Å². The van der Waals surface area contributed by atoms with Gasteiger partial charge in [0.2, 0.25) is 0 Å². The van der Waals surface area contributed by atoms with Crippen molar-refractivity contribution in [1.82, 2.24) is 5.32 Å². The van der Waals surface area contributed by atoms with E-state index in [1.54, 1.807) is 0 Å². The third-order valence-electron chi connectivity index (χ3n) is 2.93. The molecule has 0 saturated carbocycles. The molecule has 0 aliphatic carbocycles. The Bertz CT molecular complexity index is 274. The van der Waals surface area contributed by atoms with Crippen LogP contribution < -0.4 is 5.32 Å². The molecular formula is C12H17N. The van der Waals surface area contributed by atoms with E-state index in [0.717, 1.165) is 5.92 Å². The summed E-state index contributed by atoms with van der Waals surface area (Å²) in [5.41, 5.74) is 2.96. The first-order chi connectivity index (χ1) is 6.36. The summed E-state index contributed by atoms with van der Waals surface area (Å²) in [5, 5.41) is 3.41. The second-order valence-corrected chi connectivity index (χ2v) is 3.99. The maximum absolute atomic E-state index is 3.41. The predicted octanol–water partition coefficient (Wildman–Crippen LogP) is 2.15. The summed E-state index contributed by atoms with van der Waals surface area (Å²) in [5.74, 6) is 0.862. The average molecular weight is 175 g/mol. The van der Waals surface area contributed by atoms with Crippen LogP contribution in [0.1, 0.15) is 17.5 Å². The van der Waals surface area contributed by atoms with Gasteiger partial charge in [0.25, 0.3) is 0 Å². The number of rotatable bonds is 2. The molecule has 0 bridgehead atoms. The van der Waals surface area contributed by atoms with E-state index in [1.165, 1.54) is 37.1 Å². The number of hydrogen-bond acceptors (Lipinski definition) is 1. The molecule has 0 aromatic heterocycles. The number of aryl methyl sites for hydroxylation is 1. The molecule has 1 atom stereocenters. The molecule has 0 amide bonds. The van der Waals surface area contributed by atoms with Crippen molar-refractivity contribution in [3.8, 4) is 0 Å². The molecule has 13 heavy (non-hydrogen) atoms. The van der Waals surface area contributed by atoms with Gasteiger partial charge in [0.15, 0.2) is 0 Å². The van der Waals surface area contributed by atoms with Crippen LogP contribution in [-0.4, -0.2) is 13.1 Å². The minimum absolute atomic E-state index is 0.862. The first-order valence-corrected chi connectivity index (χ1v) is 5.11. The molecule has 1 heterocycles. The number of hydrogen-bond donors (Lipinski definition) is 1. The normalized spacial score (nSPS) is 22.1. The minimum atomic E-state index is 0.862. The smallest absolute Gasteiger partial charge is 0.00169 e. The Kier molecular flexibility index (Phi) is 2.65. The molecule has 2 rings (SSSR count). The zero-order valence-electron chi connectivity index (χ0n) is 8.22. The molecule has 1 aliphatic heterocycles. The zero-order valence-corrected chi connectivity index (χ0v) is 8.22. The minimum Gasteiger partial charge on any atom is -0.316 e. The van der Waals surface area contributed by atoms with Crippen LogP contribution in [0.3, 0.4) is 0 Å². The van der Waals surface area contributed by atoms with Crippen LogP contribution in [-0.2, 0) is 6.42 Å². The monoisotopic (exact) mass is 175 g/mol. The maximum atomic E-state index is 3.41. The molecular weight excluding hydrogens is 158 g/mol. The molecule has 1 heteroatoms. The van der Waals surface area contributed by atoms with E-state index in [0.29, 0.717) is 0 Å². The van der Waals surface area contributed by atoms with Gasteiger partial charge in [0.1, 0.15) is 0 Å². The molecule has 1 aromatic rings. The van der Waals surface area contributed by atoms with Gasteiger partial charge in [-0.3, -0.25) is 0 Å². The Balaban J connectivity index is 2.04. The van der Waals surface area contributed by atoms with E-state index < -0.39 is 0 Å². The van der Waals surface area contributed by atoms with E-state index in [-0.39, 0.29) is 0 Å². The van der Waals surface area contributed by atoms with Crippen LogP contribution in [0.2, 0.25) is 0 Å². The molecule has 0 spiro atoms. The highest BCUT2D eigenvalue weighted by molar-refractivity contribution is 5.26. The Morgan fingerprint density at radius 2 is 2.23 bits per heavy atom. The van der Waals surface area contributed by atoms with Gasteiger partial charge in [-0.25, -0.2) is 0 Å². The van der Waals surface area contributed by atoms with Gasteiger partial charge in [-0.2, -0.15) is 0 Å². The fourth-order valence-electron chi connectivity index (χ4n) is 2.04. The van der Waals surface area contributed by atoms with Crippen LogP contribution >= 0.6 is 0 Å². The maximum Gasteiger partial charge on any atom is -0.00169 e. The third kappa shape index (κ3) is 2.10. The van der Waals surface area contributed by atoms with Gasteiger partial charge in [-0.05, 0) is 49.9 Å². The standard InChI is InChI=1S/C12H17N/c1-10-4-2-3-5-12(10)8-11-6-7-13-9-11/h2-5,11,13H,6-9H2,1H3. The summed E-state index contributed by atoms with van der Waals surface area (Å²) in [6.45, 7) is 4.61. The SMILES string of the molecule is Cc1ccccc1CC1CCNC1. The van der Waals surface area contributed by atoms with Gasteiger partial charge in [0, 0.05) is 0 Å². The highest BCUT2D eigenvalue weighted by atomic mass is 14.9. The van der Waals surface area contributed by atoms with Crippen molar-refractivity contribution in [2.45, 2.75) is 19.8 Å². The van der Waals surface area contributed by atoms with Gasteiger partial charge in [-0.1, -0.05) is 24.3 Å². The average Bonchev–Trinajstić information content (AvgIpc) is 2.61. The topological polar surface area (TPSA) is 12.0 Å². The molecule has 1 fully saturated rings. The van der Waals surface area contributed by atoms with E-state index in [4.69, 9.17) is 0 Å². The molecule has 1 N–H and O–H groups in total. The lowest BCUT2D eigenvalue weighted by Crippen LogP contribution is -2.11. The summed E-state index contributed by atoms with van der Waals surface area (Å²) in [6.07, 6.45) is 2.59. The third-order valence-corrected chi connectivity index (χ3v) is 2.93. The van der Waals surface area contributed by atoms with Crippen molar-refractivity contribution in [3.63, 3.8) is 0 Å². The summed E-state index contributed by atoms with van der Waals surface area (Å²) in [6, 6.07) is 8.72. The summed E-state index contributed by atoms with van der Waals surface area (Å²) >= 11 is 0. The summed E-state index contributed by atoms with van der Waals surface area (Å²) in [4.78, 5) is 0. The lowest BCUT2D eigenvalue weighted by molar-refractivity contribution is 0.578. The molecule has 1 aliphatic rings. The van der Waals surface area contributed by atoms with Crippen molar-refractivity contribution in [2.75, 3.05) is 13.1 Å². The van der Waals surface area contributed by atoms with Crippen LogP contribution in [0, 0.1) is 12.8 Å². The fraction of sp³-hybridized carbons (Fsp3) is 0.500. The second kappa shape index (κ2) is 3.93. The number of benzene rings is 1. The van der Waals surface area contributed by atoms with E-state index in [2.05, 4.69) is 36.5 Å². The molecule has 0 radical (unpaired) electrons. The van der Waals surface area contributed by atoms with Crippen molar-refractivity contribution in [3.05, 3.63) is 35.4 Å². The first-order valence-electron chi connectivity index (χ1n) is 5.11. The van der Waals surface area contributed by atoms with Gasteiger partial charge < -0.3 is 5.32 Å². The van der Waals surface area contributed by atoms with Crippen molar-refractivity contribution in [1.29, 1.82) is 0 Å². The largest absolute Gasteiger partial charge is 0.316 e. The highest BCUT2D eigenvalue weighted by Crippen LogP contribution is 2.17. The van der Waals surface area contributed by atoms with E-state index >= 15 is 0 Å². The number of nitrogens with one attached hydrogen (secondary N) is 1. The Labute approximate surface area is 80.2 Å². The predicted molar refractivity (Wildman–Crippen MR) is 55.9 cm³/mol. The van der Waals surface area contributed by atoms with Gasteiger partial charge >= 0.3 is 0 Å². The molecule has 1 nitrogen and oxygen atoms in total. The Morgan fingerprint density at radius 1 is 1.38 bits per heavy atom. The first kappa shape index (κ1) is 8.76. The molecule has 1 unspecified atom stereocenters. The van der Waals surface area contributed by atoms with Gasteiger partial charge in [-0.15, -0.1) is 0 Å². The van der Waals surface area contributed by atoms with Crippen molar-refractivity contribution in [2.24, 2.45) is 5.92 Å². The lowest BCUT2D eigenvalue weighted by atomic mass is 9.96. The lowest BCUT2D eigenvalue weighted by Gasteiger charge is -2.10. The van der Waals surface area contributed by atoms with E-state index in [1.807, 2.05) is 0 Å². The molecule has 1 saturated heterocycles. The quantitative estimate of drug-likeness (QED) is 0.726. The summed E-state index contributed by atoms with van der Waals surface area (Å²) in [7, 11) is 0. The molecule has 1 aromatic carbocycles. The summed E-state index contributed by atoms with van der Waals surface area (Å²) < 4.78 is 0. The Hall–Kier alpha value is -0.820. The highest BCUT2D eigenvalue weighted by Gasteiger charge is 2.15. The van der Waals surface area contributed by atoms with Gasteiger partial charge in [0.05, 0.1) is 0 Å².